The van der Waals surface area contributed by atoms with Gasteiger partial charge < -0.3 is 5.32 Å². The molecule has 21 heavy (non-hydrogen) atoms. The fourth-order valence-electron chi connectivity index (χ4n) is 1.98. The van der Waals surface area contributed by atoms with Crippen LogP contribution in [0.3, 0.4) is 0 Å². The Morgan fingerprint density at radius 1 is 1.19 bits per heavy atom. The number of halogens is 1. The number of nitro groups is 1. The SMILES string of the molecule is O=[N+]([O-])c1ccc(NCc2ccccc2Cl)c2nonc12. The second kappa shape index (κ2) is 5.37. The second-order valence-corrected chi connectivity index (χ2v) is 4.70. The van der Waals surface area contributed by atoms with Gasteiger partial charge in [0.15, 0.2) is 5.52 Å². The van der Waals surface area contributed by atoms with Crippen LogP contribution in [-0.4, -0.2) is 15.2 Å². The Bertz CT molecular complexity index is 818. The number of aromatic nitrogens is 2. The molecule has 0 unspecified atom stereocenters. The van der Waals surface area contributed by atoms with Crippen molar-refractivity contribution in [2.75, 3.05) is 5.32 Å². The van der Waals surface area contributed by atoms with E-state index in [4.69, 9.17) is 11.6 Å². The van der Waals surface area contributed by atoms with Crippen LogP contribution in [0.25, 0.3) is 11.0 Å². The van der Waals surface area contributed by atoms with Crippen molar-refractivity contribution < 1.29 is 9.55 Å². The number of nitrogens with zero attached hydrogens (tertiary/aromatic N) is 3. The highest BCUT2D eigenvalue weighted by atomic mass is 35.5. The van der Waals surface area contributed by atoms with Gasteiger partial charge in [0.25, 0.3) is 0 Å². The Balaban J connectivity index is 1.92. The highest BCUT2D eigenvalue weighted by molar-refractivity contribution is 6.31. The van der Waals surface area contributed by atoms with Gasteiger partial charge in [-0.25, -0.2) is 4.63 Å². The molecule has 1 heterocycles. The topological polar surface area (TPSA) is 94.1 Å². The van der Waals surface area contributed by atoms with Crippen LogP contribution in [0.2, 0.25) is 5.02 Å². The number of non-ortho nitro benzene ring substituents is 1. The van der Waals surface area contributed by atoms with Crippen LogP contribution >= 0.6 is 11.6 Å². The van der Waals surface area contributed by atoms with Crippen molar-refractivity contribution in [3.63, 3.8) is 0 Å². The van der Waals surface area contributed by atoms with Gasteiger partial charge in [-0.2, -0.15) is 0 Å². The van der Waals surface area contributed by atoms with Crippen molar-refractivity contribution in [1.82, 2.24) is 10.3 Å². The van der Waals surface area contributed by atoms with E-state index >= 15 is 0 Å². The number of benzene rings is 2. The van der Waals surface area contributed by atoms with Crippen LogP contribution in [-0.2, 0) is 6.54 Å². The van der Waals surface area contributed by atoms with Crippen molar-refractivity contribution >= 4 is 34.0 Å². The molecule has 0 atom stereocenters. The summed E-state index contributed by atoms with van der Waals surface area (Å²) in [5.41, 5.74) is 1.79. The van der Waals surface area contributed by atoms with E-state index in [0.717, 1.165) is 5.56 Å². The zero-order valence-corrected chi connectivity index (χ0v) is 11.4. The molecule has 7 nitrogen and oxygen atoms in total. The molecule has 0 saturated heterocycles. The molecule has 1 aromatic heterocycles. The Morgan fingerprint density at radius 2 is 1.95 bits per heavy atom. The molecule has 0 radical (unpaired) electrons. The monoisotopic (exact) mass is 304 g/mol. The minimum Gasteiger partial charge on any atom is -0.379 e. The zero-order chi connectivity index (χ0) is 14.8. The van der Waals surface area contributed by atoms with Gasteiger partial charge in [0.1, 0.15) is 0 Å². The molecule has 0 saturated carbocycles. The predicted octanol–water partition coefficient (Wildman–Crippen LogP) is 3.40. The fraction of sp³-hybridized carbons (Fsp3) is 0.0769. The molecular formula is C13H9ClN4O3. The molecule has 0 amide bonds. The van der Waals surface area contributed by atoms with Gasteiger partial charge in [0.2, 0.25) is 5.52 Å². The maximum atomic E-state index is 10.9. The summed E-state index contributed by atoms with van der Waals surface area (Å²) in [5, 5.41) is 22.0. The van der Waals surface area contributed by atoms with Crippen molar-refractivity contribution in [1.29, 1.82) is 0 Å². The summed E-state index contributed by atoms with van der Waals surface area (Å²) in [5.74, 6) is 0. The first kappa shape index (κ1) is 13.3. The van der Waals surface area contributed by atoms with E-state index in [-0.39, 0.29) is 11.2 Å². The lowest BCUT2D eigenvalue weighted by Crippen LogP contribution is -2.01. The number of anilines is 1. The first-order valence-corrected chi connectivity index (χ1v) is 6.41. The molecule has 0 aliphatic heterocycles. The third-order valence-electron chi connectivity index (χ3n) is 3.02. The third-order valence-corrected chi connectivity index (χ3v) is 3.39. The number of hydrogen-bond donors (Lipinski definition) is 1. The van der Waals surface area contributed by atoms with Gasteiger partial charge in [-0.15, -0.1) is 0 Å². The summed E-state index contributed by atoms with van der Waals surface area (Å²) in [6.07, 6.45) is 0. The van der Waals surface area contributed by atoms with Gasteiger partial charge in [-0.3, -0.25) is 10.1 Å². The number of nitrogens with one attached hydrogen (secondary N) is 1. The molecule has 106 valence electrons. The molecule has 0 aliphatic rings. The molecule has 8 heteroatoms. The summed E-state index contributed by atoms with van der Waals surface area (Å²) < 4.78 is 4.60. The molecule has 0 aliphatic carbocycles. The molecule has 0 spiro atoms. The minimum atomic E-state index is -0.523. The zero-order valence-electron chi connectivity index (χ0n) is 10.6. The first-order valence-electron chi connectivity index (χ1n) is 6.04. The lowest BCUT2D eigenvalue weighted by atomic mass is 10.2. The van der Waals surface area contributed by atoms with Gasteiger partial charge in [0, 0.05) is 17.6 Å². The van der Waals surface area contributed by atoms with E-state index < -0.39 is 4.92 Å². The van der Waals surface area contributed by atoms with E-state index in [0.29, 0.717) is 22.8 Å². The lowest BCUT2D eigenvalue weighted by molar-refractivity contribution is -0.383. The predicted molar refractivity (Wildman–Crippen MR) is 77.2 cm³/mol. The van der Waals surface area contributed by atoms with Crippen molar-refractivity contribution in [3.8, 4) is 0 Å². The Kier molecular flexibility index (Phi) is 3.41. The van der Waals surface area contributed by atoms with Crippen molar-refractivity contribution in [2.24, 2.45) is 0 Å². The van der Waals surface area contributed by atoms with Crippen molar-refractivity contribution in [2.45, 2.75) is 6.54 Å². The van der Waals surface area contributed by atoms with Crippen LogP contribution in [0.15, 0.2) is 41.0 Å². The van der Waals surface area contributed by atoms with E-state index in [2.05, 4.69) is 20.3 Å². The fourth-order valence-corrected chi connectivity index (χ4v) is 2.18. The summed E-state index contributed by atoms with van der Waals surface area (Å²) in [7, 11) is 0. The van der Waals surface area contributed by atoms with E-state index in [1.807, 2.05) is 18.2 Å². The smallest absolute Gasteiger partial charge is 0.300 e. The van der Waals surface area contributed by atoms with Crippen LogP contribution in [0, 0.1) is 10.1 Å². The minimum absolute atomic E-state index is 0.115. The first-order chi connectivity index (χ1) is 10.2. The molecule has 0 bridgehead atoms. The number of nitro benzene ring substituents is 1. The van der Waals surface area contributed by atoms with Gasteiger partial charge in [0.05, 0.1) is 10.6 Å². The number of fused-ring (bicyclic) bond motifs is 1. The number of rotatable bonds is 4. The molecule has 2 aromatic carbocycles. The average molecular weight is 305 g/mol. The second-order valence-electron chi connectivity index (χ2n) is 4.30. The molecule has 0 fully saturated rings. The average Bonchev–Trinajstić information content (AvgIpc) is 2.95. The maximum Gasteiger partial charge on any atom is 0.300 e. The van der Waals surface area contributed by atoms with Crippen molar-refractivity contribution in [3.05, 3.63) is 57.1 Å². The standard InChI is InChI=1S/C13H9ClN4O3/c14-9-4-2-1-3-8(9)7-15-10-5-6-11(18(19)20)13-12(10)16-21-17-13/h1-6,15H,7H2. The Hall–Kier alpha value is -2.67. The summed E-state index contributed by atoms with van der Waals surface area (Å²) in [6, 6.07) is 10.3. The molecular weight excluding hydrogens is 296 g/mol. The molecule has 1 N–H and O–H groups in total. The highest BCUT2D eigenvalue weighted by Crippen LogP contribution is 2.29. The molecule has 3 aromatic rings. The van der Waals surface area contributed by atoms with Gasteiger partial charge >= 0.3 is 5.69 Å². The summed E-state index contributed by atoms with van der Waals surface area (Å²) in [6.45, 7) is 0.458. The quantitative estimate of drug-likeness (QED) is 0.586. The van der Waals surface area contributed by atoms with E-state index in [9.17, 15) is 10.1 Å². The normalized spacial score (nSPS) is 10.7. The van der Waals surface area contributed by atoms with E-state index in [1.165, 1.54) is 6.07 Å². The summed E-state index contributed by atoms with van der Waals surface area (Å²) >= 11 is 6.08. The van der Waals surface area contributed by atoms with Crippen LogP contribution < -0.4 is 5.32 Å². The van der Waals surface area contributed by atoms with Gasteiger partial charge in [-0.05, 0) is 28.0 Å². The largest absolute Gasteiger partial charge is 0.379 e. The maximum absolute atomic E-state index is 10.9. The van der Waals surface area contributed by atoms with Crippen LogP contribution in [0.5, 0.6) is 0 Å². The van der Waals surface area contributed by atoms with Gasteiger partial charge in [-0.1, -0.05) is 29.8 Å². The Morgan fingerprint density at radius 3 is 2.71 bits per heavy atom. The highest BCUT2D eigenvalue weighted by Gasteiger charge is 2.19. The van der Waals surface area contributed by atoms with Crippen LogP contribution in [0.4, 0.5) is 11.4 Å². The molecule has 3 rings (SSSR count). The number of hydrogen-bond acceptors (Lipinski definition) is 6. The third kappa shape index (κ3) is 2.50. The van der Waals surface area contributed by atoms with Crippen LogP contribution in [0.1, 0.15) is 5.56 Å². The lowest BCUT2D eigenvalue weighted by Gasteiger charge is -2.07. The Labute approximate surface area is 123 Å². The summed E-state index contributed by atoms with van der Waals surface area (Å²) in [4.78, 5) is 10.4. The van der Waals surface area contributed by atoms with E-state index in [1.54, 1.807) is 12.1 Å².